The fourth-order valence-electron chi connectivity index (χ4n) is 9.71. The lowest BCUT2D eigenvalue weighted by molar-refractivity contribution is -0.119. The maximum absolute atomic E-state index is 12.6. The number of aromatic hydroxyl groups is 4. The Balaban J connectivity index is 0.000000274. The first-order chi connectivity index (χ1) is 30.1. The van der Waals surface area contributed by atoms with E-state index in [1.165, 1.54) is 0 Å². The predicted molar refractivity (Wildman–Crippen MR) is 261 cm³/mol. The average molecular weight is 899 g/mol. The molecule has 4 aromatic rings. The normalized spacial score (nSPS) is 14.1. The number of rotatable bonds is 10. The molecule has 5 N–H and O–H groups in total. The van der Waals surface area contributed by atoms with Crippen LogP contribution in [-0.4, -0.2) is 66.9 Å². The summed E-state index contributed by atoms with van der Waals surface area (Å²) >= 11 is 0. The molecule has 0 saturated carbocycles. The monoisotopic (exact) mass is 899 g/mol. The van der Waals surface area contributed by atoms with Gasteiger partial charge in [-0.3, -0.25) is 4.79 Å². The molecular weight excluding hydrogens is 821 g/mol. The number of fused-ring (bicyclic) bond motifs is 4. The molecule has 0 atom stereocenters. The number of hydrogen-bond acceptors (Lipinski definition) is 10. The number of Topliss-reactive ketones (excluding diaryl/α,β-unsaturated/α-hetero) is 1. The topological polar surface area (TPSA) is 155 Å². The van der Waals surface area contributed by atoms with Crippen LogP contribution in [0, 0.1) is 0 Å². The minimum absolute atomic E-state index is 0.105. The highest BCUT2D eigenvalue weighted by Crippen LogP contribution is 2.62. The van der Waals surface area contributed by atoms with Gasteiger partial charge in [0.2, 0.25) is 0 Å². The van der Waals surface area contributed by atoms with Gasteiger partial charge in [-0.15, -0.1) is 0 Å². The van der Waals surface area contributed by atoms with Gasteiger partial charge >= 0.3 is 0 Å². The van der Waals surface area contributed by atoms with Crippen LogP contribution in [0.15, 0.2) is 36.4 Å². The van der Waals surface area contributed by atoms with Crippen molar-refractivity contribution in [2.45, 2.75) is 162 Å². The molecule has 0 unspecified atom stereocenters. The van der Waals surface area contributed by atoms with Crippen molar-refractivity contribution in [1.82, 2.24) is 0 Å². The third-order valence-electron chi connectivity index (χ3n) is 13.1. The van der Waals surface area contributed by atoms with Crippen LogP contribution in [0.3, 0.4) is 0 Å². The lowest BCUT2D eigenvalue weighted by Crippen LogP contribution is -2.24. The fourth-order valence-corrected chi connectivity index (χ4v) is 9.71. The van der Waals surface area contributed by atoms with E-state index in [9.17, 15) is 25.2 Å². The van der Waals surface area contributed by atoms with Crippen LogP contribution in [0.2, 0.25) is 0 Å². The zero-order chi connectivity index (χ0) is 49.2. The maximum atomic E-state index is 12.6. The van der Waals surface area contributed by atoms with Crippen LogP contribution in [0.1, 0.15) is 164 Å². The van der Waals surface area contributed by atoms with Crippen molar-refractivity contribution < 1.29 is 49.3 Å². The molecular formula is C55H78O10. The molecule has 0 heterocycles. The number of methoxy groups -OCH3 is 4. The van der Waals surface area contributed by atoms with E-state index in [0.29, 0.717) is 48.7 Å². The highest BCUT2D eigenvalue weighted by Gasteiger charge is 2.52. The standard InChI is InChI=1S/C27H38O5.C27H36O4.CH4O/c1-26(2,3)20-15-24(31-7)17(13-22(20)29)9-11-19(28)12-10-18-14-23(30)21(27(4,5)6)16-25(18)32-8;1-25(2,3)17-13-19(30-7)15-9-11-27(21(15)23(17)28)12-10-16-20(31-8)14-18(26(4,5)6)24(29)22(16)27;1-2/h13-16,29-30H,9-12H2,1-8H3;13-14,28-29H,9-12H2,1-8H3;2H,1H3. The van der Waals surface area contributed by atoms with Gasteiger partial charge in [0.1, 0.15) is 51.8 Å². The summed E-state index contributed by atoms with van der Waals surface area (Å²) in [7, 11) is 7.60. The number of ether oxygens (including phenoxy) is 4. The molecule has 10 heteroatoms. The number of phenols is 4. The van der Waals surface area contributed by atoms with Crippen LogP contribution >= 0.6 is 0 Å². The quantitative estimate of drug-likeness (QED) is 0.104. The van der Waals surface area contributed by atoms with Crippen LogP contribution < -0.4 is 18.9 Å². The Morgan fingerprint density at radius 1 is 0.492 bits per heavy atom. The number of carbonyl (C=O) groups is 1. The molecule has 0 amide bonds. The van der Waals surface area contributed by atoms with Crippen molar-refractivity contribution in [3.05, 3.63) is 92.0 Å². The van der Waals surface area contributed by atoms with Crippen LogP contribution in [0.25, 0.3) is 0 Å². The van der Waals surface area contributed by atoms with Gasteiger partial charge in [0.25, 0.3) is 0 Å². The third-order valence-corrected chi connectivity index (χ3v) is 13.1. The number of aliphatic hydroxyl groups is 1. The fraction of sp³-hybridized carbons (Fsp3) is 0.545. The van der Waals surface area contributed by atoms with Gasteiger partial charge in [-0.25, -0.2) is 0 Å². The minimum Gasteiger partial charge on any atom is -0.508 e. The second-order valence-corrected chi connectivity index (χ2v) is 21.6. The number of carbonyl (C=O) groups excluding carboxylic acids is 1. The first kappa shape index (κ1) is 52.5. The van der Waals surface area contributed by atoms with E-state index >= 15 is 0 Å². The number of hydrogen-bond donors (Lipinski definition) is 5. The minimum atomic E-state index is -0.429. The van der Waals surface area contributed by atoms with Gasteiger partial charge in [-0.2, -0.15) is 0 Å². The molecule has 0 aliphatic heterocycles. The van der Waals surface area contributed by atoms with E-state index in [-0.39, 0.29) is 38.9 Å². The molecule has 0 radical (unpaired) electrons. The van der Waals surface area contributed by atoms with Crippen molar-refractivity contribution >= 4 is 5.78 Å². The average Bonchev–Trinajstić information content (AvgIpc) is 3.80. The summed E-state index contributed by atoms with van der Waals surface area (Å²) in [5, 5.41) is 51.1. The SMILES string of the molecule is CO.COc1cc(C(C)(C)C)c(O)c2c1CCC21CCc2c(OC)cc(C(C)(C)C)c(O)c21.COc1cc(C(C)(C)C)c(O)cc1CCC(=O)CCc1cc(O)c(C(C)(C)C)cc1OC. The maximum Gasteiger partial charge on any atom is 0.133 e. The Hall–Kier alpha value is -5.09. The second-order valence-electron chi connectivity index (χ2n) is 21.6. The van der Waals surface area contributed by atoms with E-state index in [1.807, 2.05) is 65.8 Å². The van der Waals surface area contributed by atoms with Gasteiger partial charge in [0, 0.05) is 69.9 Å². The molecule has 1 spiro atoms. The molecule has 65 heavy (non-hydrogen) atoms. The zero-order valence-corrected chi connectivity index (χ0v) is 42.4. The summed E-state index contributed by atoms with van der Waals surface area (Å²) < 4.78 is 22.6. The van der Waals surface area contributed by atoms with Gasteiger partial charge in [0.05, 0.1) is 28.4 Å². The molecule has 0 bridgehead atoms. The lowest BCUT2D eigenvalue weighted by Gasteiger charge is -2.33. The van der Waals surface area contributed by atoms with Gasteiger partial charge < -0.3 is 44.5 Å². The van der Waals surface area contributed by atoms with Gasteiger partial charge in [-0.05, 0) is 108 Å². The Morgan fingerprint density at radius 3 is 1.06 bits per heavy atom. The van der Waals surface area contributed by atoms with Gasteiger partial charge in [-0.1, -0.05) is 83.1 Å². The molecule has 4 aromatic carbocycles. The van der Waals surface area contributed by atoms with Crippen LogP contribution in [0.4, 0.5) is 0 Å². The number of ketones is 1. The molecule has 10 nitrogen and oxygen atoms in total. The highest BCUT2D eigenvalue weighted by atomic mass is 16.5. The van der Waals surface area contributed by atoms with Crippen molar-refractivity contribution in [3.63, 3.8) is 0 Å². The Bertz CT molecular complexity index is 2180. The van der Waals surface area contributed by atoms with Crippen LogP contribution in [-0.2, 0) is 57.6 Å². The van der Waals surface area contributed by atoms with Crippen molar-refractivity contribution in [1.29, 1.82) is 0 Å². The van der Waals surface area contributed by atoms with E-state index in [1.54, 1.807) is 40.6 Å². The summed E-state index contributed by atoms with van der Waals surface area (Å²) in [6.45, 7) is 24.8. The molecule has 6 rings (SSSR count). The lowest BCUT2D eigenvalue weighted by atomic mass is 9.72. The van der Waals surface area contributed by atoms with Gasteiger partial charge in [0.15, 0.2) is 0 Å². The van der Waals surface area contributed by atoms with E-state index < -0.39 is 5.41 Å². The Labute approximate surface area is 389 Å². The summed E-state index contributed by atoms with van der Waals surface area (Å²) in [6, 6.07) is 11.1. The van der Waals surface area contributed by atoms with E-state index in [4.69, 9.17) is 24.1 Å². The summed E-state index contributed by atoms with van der Waals surface area (Å²) in [4.78, 5) is 12.6. The highest BCUT2D eigenvalue weighted by molar-refractivity contribution is 5.79. The number of benzene rings is 4. The molecule has 0 aromatic heterocycles. The molecule has 0 fully saturated rings. The molecule has 358 valence electrons. The first-order valence-electron chi connectivity index (χ1n) is 22.8. The van der Waals surface area contributed by atoms with E-state index in [2.05, 4.69) is 41.5 Å². The smallest absolute Gasteiger partial charge is 0.133 e. The molecule has 2 aliphatic rings. The number of aryl methyl sites for hydroxylation is 2. The van der Waals surface area contributed by atoms with Crippen molar-refractivity contribution in [3.8, 4) is 46.0 Å². The first-order valence-corrected chi connectivity index (χ1v) is 22.8. The molecule has 0 saturated heterocycles. The summed E-state index contributed by atoms with van der Waals surface area (Å²) in [5.41, 5.74) is 7.75. The largest absolute Gasteiger partial charge is 0.508 e. The van der Waals surface area contributed by atoms with E-state index in [0.717, 1.165) is 99.9 Å². The summed E-state index contributed by atoms with van der Waals surface area (Å²) in [5.74, 6) is 4.30. The number of aliphatic hydroxyl groups excluding tert-OH is 1. The summed E-state index contributed by atoms with van der Waals surface area (Å²) in [6.07, 6.45) is 5.00. The van der Waals surface area contributed by atoms with Crippen molar-refractivity contribution in [2.24, 2.45) is 0 Å². The van der Waals surface area contributed by atoms with Crippen molar-refractivity contribution in [2.75, 3.05) is 35.5 Å². The Morgan fingerprint density at radius 2 is 0.785 bits per heavy atom. The third kappa shape index (κ3) is 10.8. The Kier molecular flexibility index (Phi) is 16.0. The number of phenolic OH excluding ortho intramolecular Hbond substituents is 4. The second kappa shape index (κ2) is 19.8. The van der Waals surface area contributed by atoms with Crippen LogP contribution in [0.5, 0.6) is 46.0 Å². The zero-order valence-electron chi connectivity index (χ0n) is 42.4. The molecule has 2 aliphatic carbocycles. The predicted octanol–water partition coefficient (Wildman–Crippen LogP) is 11.3.